The summed E-state index contributed by atoms with van der Waals surface area (Å²) in [4.78, 5) is 12.0. The molecule has 0 bridgehead atoms. The van der Waals surface area contributed by atoms with E-state index >= 15 is 0 Å². The summed E-state index contributed by atoms with van der Waals surface area (Å²) >= 11 is 11.8. The summed E-state index contributed by atoms with van der Waals surface area (Å²) in [6, 6.07) is 4.83. The number of nitrogens with one attached hydrogen (secondary N) is 1. The highest BCUT2D eigenvalue weighted by Gasteiger charge is 2.21. The Morgan fingerprint density at radius 2 is 2.16 bits per heavy atom. The van der Waals surface area contributed by atoms with Crippen LogP contribution < -0.4 is 5.32 Å². The summed E-state index contributed by atoms with van der Waals surface area (Å²) < 4.78 is 0. The predicted octanol–water partition coefficient (Wildman–Crippen LogP) is 3.27. The van der Waals surface area contributed by atoms with E-state index in [2.05, 4.69) is 5.32 Å². The number of hydrogen-bond donors (Lipinski definition) is 2. The zero-order chi connectivity index (χ0) is 13.8. The number of aliphatic hydroxyl groups excluding tert-OH is 1. The van der Waals surface area contributed by atoms with Crippen molar-refractivity contribution >= 4 is 29.1 Å². The highest BCUT2D eigenvalue weighted by Crippen LogP contribution is 2.24. The van der Waals surface area contributed by atoms with Crippen molar-refractivity contribution in [2.45, 2.75) is 31.8 Å². The lowest BCUT2D eigenvalue weighted by Crippen LogP contribution is -2.33. The average molecular weight is 302 g/mol. The van der Waals surface area contributed by atoms with Gasteiger partial charge < -0.3 is 10.4 Å². The molecule has 3 nitrogen and oxygen atoms in total. The Bertz CT molecular complexity index is 465. The van der Waals surface area contributed by atoms with Gasteiger partial charge in [0.05, 0.1) is 16.7 Å². The largest absolute Gasteiger partial charge is 0.393 e. The molecule has 1 aromatic rings. The van der Waals surface area contributed by atoms with E-state index in [1.54, 1.807) is 18.2 Å². The second-order valence-corrected chi connectivity index (χ2v) is 5.86. The van der Waals surface area contributed by atoms with Crippen molar-refractivity contribution in [2.75, 3.05) is 6.54 Å². The van der Waals surface area contributed by atoms with Crippen molar-refractivity contribution in [1.82, 2.24) is 5.32 Å². The van der Waals surface area contributed by atoms with Crippen LogP contribution in [0.4, 0.5) is 0 Å². The van der Waals surface area contributed by atoms with E-state index in [9.17, 15) is 9.90 Å². The molecular weight excluding hydrogens is 285 g/mol. The Kier molecular flexibility index (Phi) is 5.08. The van der Waals surface area contributed by atoms with E-state index in [4.69, 9.17) is 23.2 Å². The van der Waals surface area contributed by atoms with Crippen molar-refractivity contribution < 1.29 is 9.90 Å². The van der Waals surface area contributed by atoms with Crippen molar-refractivity contribution in [3.8, 4) is 0 Å². The fourth-order valence-corrected chi connectivity index (χ4v) is 2.83. The summed E-state index contributed by atoms with van der Waals surface area (Å²) in [5.41, 5.74) is 0.394. The van der Waals surface area contributed by atoms with Crippen LogP contribution >= 0.6 is 23.2 Å². The van der Waals surface area contributed by atoms with Crippen molar-refractivity contribution in [3.63, 3.8) is 0 Å². The van der Waals surface area contributed by atoms with Gasteiger partial charge >= 0.3 is 0 Å². The third-order valence-corrected chi connectivity index (χ3v) is 4.04. The Labute approximate surface area is 122 Å². The molecule has 1 saturated carbocycles. The first-order valence-electron chi connectivity index (χ1n) is 6.47. The lowest BCUT2D eigenvalue weighted by atomic mass is 9.87. The standard InChI is InChI=1S/C14H17Cl2NO2/c15-10-4-5-13(16)12(7-10)14(19)17-8-9-2-1-3-11(18)6-9/h4-5,7,9,11,18H,1-3,6,8H2,(H,17,19). The van der Waals surface area contributed by atoms with Crippen LogP contribution in [0.1, 0.15) is 36.0 Å². The molecule has 0 heterocycles. The Morgan fingerprint density at radius 1 is 1.37 bits per heavy atom. The molecule has 1 amide bonds. The summed E-state index contributed by atoms with van der Waals surface area (Å²) in [6.07, 6.45) is 3.44. The SMILES string of the molecule is O=C(NCC1CCCC(O)C1)c1cc(Cl)ccc1Cl. The third kappa shape index (κ3) is 4.10. The second kappa shape index (κ2) is 6.60. The monoisotopic (exact) mass is 301 g/mol. The summed E-state index contributed by atoms with van der Waals surface area (Å²) in [5, 5.41) is 13.3. The topological polar surface area (TPSA) is 49.3 Å². The highest BCUT2D eigenvalue weighted by atomic mass is 35.5. The van der Waals surface area contributed by atoms with E-state index in [-0.39, 0.29) is 12.0 Å². The summed E-state index contributed by atoms with van der Waals surface area (Å²) in [5.74, 6) is 0.123. The van der Waals surface area contributed by atoms with Crippen molar-refractivity contribution in [2.24, 2.45) is 5.92 Å². The average Bonchev–Trinajstić information content (AvgIpc) is 2.39. The Hall–Kier alpha value is -0.770. The molecule has 1 aromatic carbocycles. The molecule has 1 aliphatic rings. The van der Waals surface area contributed by atoms with Gasteiger partial charge in [-0.15, -0.1) is 0 Å². The molecule has 104 valence electrons. The van der Waals surface area contributed by atoms with E-state index in [0.29, 0.717) is 28.1 Å². The van der Waals surface area contributed by atoms with Gasteiger partial charge in [-0.25, -0.2) is 0 Å². The van der Waals surface area contributed by atoms with Gasteiger partial charge in [0, 0.05) is 11.6 Å². The zero-order valence-electron chi connectivity index (χ0n) is 10.5. The zero-order valence-corrected chi connectivity index (χ0v) is 12.0. The number of halogens is 2. The first kappa shape index (κ1) is 14.6. The van der Waals surface area contributed by atoms with Gasteiger partial charge in [0.15, 0.2) is 0 Å². The van der Waals surface area contributed by atoms with Crippen LogP contribution in [-0.2, 0) is 0 Å². The smallest absolute Gasteiger partial charge is 0.252 e. The number of aliphatic hydroxyl groups is 1. The van der Waals surface area contributed by atoms with Gasteiger partial charge in [-0.05, 0) is 43.4 Å². The van der Waals surface area contributed by atoms with Gasteiger partial charge in [0.1, 0.15) is 0 Å². The normalized spacial score (nSPS) is 23.1. The molecule has 1 fully saturated rings. The van der Waals surface area contributed by atoms with Crippen LogP contribution in [0.2, 0.25) is 10.0 Å². The maximum absolute atomic E-state index is 12.0. The molecule has 2 unspecified atom stereocenters. The Balaban J connectivity index is 1.92. The minimum absolute atomic E-state index is 0.215. The second-order valence-electron chi connectivity index (χ2n) is 5.02. The molecule has 2 N–H and O–H groups in total. The molecule has 0 aromatic heterocycles. The van der Waals surface area contributed by atoms with E-state index < -0.39 is 0 Å². The number of hydrogen-bond acceptors (Lipinski definition) is 2. The molecule has 5 heteroatoms. The summed E-state index contributed by atoms with van der Waals surface area (Å²) in [7, 11) is 0. The number of carbonyl (C=O) groups is 1. The molecule has 1 aliphatic carbocycles. The van der Waals surface area contributed by atoms with Crippen LogP contribution in [0.25, 0.3) is 0 Å². The van der Waals surface area contributed by atoms with Crippen molar-refractivity contribution in [1.29, 1.82) is 0 Å². The Morgan fingerprint density at radius 3 is 2.89 bits per heavy atom. The fraction of sp³-hybridized carbons (Fsp3) is 0.500. The van der Waals surface area contributed by atoms with Crippen LogP contribution in [0.3, 0.4) is 0 Å². The van der Waals surface area contributed by atoms with Gasteiger partial charge in [0.25, 0.3) is 5.91 Å². The quantitative estimate of drug-likeness (QED) is 0.900. The van der Waals surface area contributed by atoms with Gasteiger partial charge in [-0.2, -0.15) is 0 Å². The van der Waals surface area contributed by atoms with Gasteiger partial charge in [-0.1, -0.05) is 29.6 Å². The first-order valence-corrected chi connectivity index (χ1v) is 7.23. The van der Waals surface area contributed by atoms with E-state index in [1.165, 1.54) is 0 Å². The minimum atomic E-state index is -0.231. The predicted molar refractivity (Wildman–Crippen MR) is 76.8 cm³/mol. The third-order valence-electron chi connectivity index (χ3n) is 3.48. The maximum Gasteiger partial charge on any atom is 0.252 e. The van der Waals surface area contributed by atoms with Crippen molar-refractivity contribution in [3.05, 3.63) is 33.8 Å². The highest BCUT2D eigenvalue weighted by molar-refractivity contribution is 6.35. The lowest BCUT2D eigenvalue weighted by molar-refractivity contribution is 0.0874. The van der Waals surface area contributed by atoms with Crippen LogP contribution in [0.5, 0.6) is 0 Å². The van der Waals surface area contributed by atoms with E-state index in [1.807, 2.05) is 0 Å². The molecule has 0 spiro atoms. The van der Waals surface area contributed by atoms with Crippen LogP contribution in [0, 0.1) is 5.92 Å². The number of benzene rings is 1. The van der Waals surface area contributed by atoms with E-state index in [0.717, 1.165) is 25.7 Å². The fourth-order valence-electron chi connectivity index (χ4n) is 2.45. The molecule has 2 atom stereocenters. The summed E-state index contributed by atoms with van der Waals surface area (Å²) in [6.45, 7) is 0.568. The molecule has 0 saturated heterocycles. The first-order chi connectivity index (χ1) is 9.06. The van der Waals surface area contributed by atoms with Crippen LogP contribution in [0.15, 0.2) is 18.2 Å². The number of carbonyl (C=O) groups excluding carboxylic acids is 1. The maximum atomic E-state index is 12.0. The number of rotatable bonds is 3. The van der Waals surface area contributed by atoms with Gasteiger partial charge in [0.2, 0.25) is 0 Å². The molecule has 2 rings (SSSR count). The molecule has 19 heavy (non-hydrogen) atoms. The number of amides is 1. The molecular formula is C14H17Cl2NO2. The molecule has 0 aliphatic heterocycles. The van der Waals surface area contributed by atoms with Gasteiger partial charge in [-0.3, -0.25) is 4.79 Å². The van der Waals surface area contributed by atoms with Crippen LogP contribution in [-0.4, -0.2) is 23.7 Å². The lowest BCUT2D eigenvalue weighted by Gasteiger charge is -2.25. The molecule has 0 radical (unpaired) electrons. The minimum Gasteiger partial charge on any atom is -0.393 e.